The van der Waals surface area contributed by atoms with E-state index < -0.39 is 24.3 Å². The summed E-state index contributed by atoms with van der Waals surface area (Å²) in [4.78, 5) is 12.6. The summed E-state index contributed by atoms with van der Waals surface area (Å²) in [5.74, 6) is 0.501. The van der Waals surface area contributed by atoms with Crippen molar-refractivity contribution in [3.05, 3.63) is 71.3 Å². The molecule has 4 atom stereocenters. The molecule has 0 radical (unpaired) electrons. The number of rotatable bonds is 3. The highest BCUT2D eigenvalue weighted by Gasteiger charge is 2.45. The van der Waals surface area contributed by atoms with E-state index in [-0.39, 0.29) is 12.7 Å². The molecule has 138 valence electrons. The van der Waals surface area contributed by atoms with Gasteiger partial charge in [-0.05, 0) is 23.3 Å². The maximum atomic E-state index is 12.6. The van der Waals surface area contributed by atoms with Crippen molar-refractivity contribution in [3.63, 3.8) is 0 Å². The Morgan fingerprint density at radius 3 is 2.67 bits per heavy atom. The predicted octanol–water partition coefficient (Wildman–Crippen LogP) is 2.55. The normalized spacial score (nSPS) is 27.7. The largest absolute Gasteiger partial charge is 0.455 e. The minimum Gasteiger partial charge on any atom is -0.455 e. The average Bonchev–Trinajstić information content (AvgIpc) is 3.14. The predicted molar refractivity (Wildman–Crippen MR) is 94.7 cm³/mol. The highest BCUT2D eigenvalue weighted by atomic mass is 16.7. The third kappa shape index (κ3) is 2.78. The number of carbonyl (C=O) groups excluding carboxylic acids is 1. The van der Waals surface area contributed by atoms with Crippen LogP contribution in [0.3, 0.4) is 0 Å². The van der Waals surface area contributed by atoms with E-state index >= 15 is 0 Å². The number of esters is 1. The number of aliphatic hydroxyl groups excluding tert-OH is 1. The molecule has 6 heteroatoms. The molecule has 0 spiro atoms. The number of fused-ring (bicyclic) bond motifs is 4. The van der Waals surface area contributed by atoms with Crippen LogP contribution in [-0.2, 0) is 16.1 Å². The fourth-order valence-corrected chi connectivity index (χ4v) is 3.83. The van der Waals surface area contributed by atoms with Gasteiger partial charge in [-0.15, -0.1) is 0 Å². The van der Waals surface area contributed by atoms with Crippen LogP contribution in [0.25, 0.3) is 0 Å². The highest BCUT2D eigenvalue weighted by Crippen LogP contribution is 2.44. The maximum absolute atomic E-state index is 12.6. The maximum Gasteiger partial charge on any atom is 0.338 e. The second kappa shape index (κ2) is 6.40. The molecule has 0 fully saturated rings. The van der Waals surface area contributed by atoms with Gasteiger partial charge in [-0.2, -0.15) is 0 Å². The van der Waals surface area contributed by atoms with E-state index in [4.69, 9.17) is 18.9 Å². The third-order valence-corrected chi connectivity index (χ3v) is 5.18. The molecule has 2 heterocycles. The van der Waals surface area contributed by atoms with Crippen LogP contribution in [0.4, 0.5) is 0 Å². The zero-order valence-electron chi connectivity index (χ0n) is 14.4. The SMILES string of the molecule is O=C1O[C@H]2[C@H](OCc3ccccc3)[C@H](O)C=C[C@H]2c2cc3c(cc21)OCO3. The number of hydrogen-bond donors (Lipinski definition) is 1. The number of ether oxygens (including phenoxy) is 4. The van der Waals surface area contributed by atoms with Gasteiger partial charge in [0, 0.05) is 5.92 Å². The molecule has 2 aliphatic heterocycles. The topological polar surface area (TPSA) is 74.2 Å². The first-order valence-electron chi connectivity index (χ1n) is 8.87. The first-order valence-corrected chi connectivity index (χ1v) is 8.87. The van der Waals surface area contributed by atoms with Gasteiger partial charge < -0.3 is 24.1 Å². The molecule has 0 saturated heterocycles. The smallest absolute Gasteiger partial charge is 0.338 e. The van der Waals surface area contributed by atoms with Crippen LogP contribution in [0.5, 0.6) is 11.5 Å². The second-order valence-electron chi connectivity index (χ2n) is 6.83. The van der Waals surface area contributed by atoms with Crippen molar-refractivity contribution in [3.8, 4) is 11.5 Å². The van der Waals surface area contributed by atoms with Gasteiger partial charge in [0.1, 0.15) is 18.3 Å². The minimum absolute atomic E-state index is 0.138. The Morgan fingerprint density at radius 2 is 1.85 bits per heavy atom. The third-order valence-electron chi connectivity index (χ3n) is 5.18. The standard InChI is InChI=1S/C21H18O6/c22-16-7-6-13-14-8-17-18(26-11-25-17)9-15(14)21(23)27-19(13)20(16)24-10-12-4-2-1-3-5-12/h1-9,13,16,19-20,22H,10-11H2/t13-,16+,19+,20+/m0/s1. The molecule has 1 aliphatic carbocycles. The lowest BCUT2D eigenvalue weighted by molar-refractivity contribution is -0.110. The van der Waals surface area contributed by atoms with Gasteiger partial charge in [0.15, 0.2) is 11.5 Å². The van der Waals surface area contributed by atoms with Gasteiger partial charge in [0.25, 0.3) is 0 Å². The van der Waals surface area contributed by atoms with E-state index in [1.165, 1.54) is 0 Å². The first-order chi connectivity index (χ1) is 13.2. The molecular formula is C21H18O6. The van der Waals surface area contributed by atoms with E-state index in [2.05, 4.69) is 0 Å². The zero-order chi connectivity index (χ0) is 18.4. The summed E-state index contributed by atoms with van der Waals surface area (Å²) in [6.45, 7) is 0.462. The van der Waals surface area contributed by atoms with Crippen molar-refractivity contribution in [1.82, 2.24) is 0 Å². The molecule has 0 bridgehead atoms. The second-order valence-corrected chi connectivity index (χ2v) is 6.83. The van der Waals surface area contributed by atoms with E-state index in [0.717, 1.165) is 11.1 Å². The Balaban J connectivity index is 1.46. The van der Waals surface area contributed by atoms with Crippen LogP contribution in [0, 0.1) is 0 Å². The molecule has 5 rings (SSSR count). The first kappa shape index (κ1) is 16.4. The van der Waals surface area contributed by atoms with Crippen LogP contribution in [-0.4, -0.2) is 36.2 Å². The Kier molecular flexibility index (Phi) is 3.88. The molecule has 0 aromatic heterocycles. The summed E-state index contributed by atoms with van der Waals surface area (Å²) in [7, 11) is 0. The van der Waals surface area contributed by atoms with Crippen LogP contribution in [0.1, 0.15) is 27.4 Å². The van der Waals surface area contributed by atoms with Crippen molar-refractivity contribution in [2.24, 2.45) is 0 Å². The molecule has 2 aromatic rings. The van der Waals surface area contributed by atoms with Crippen molar-refractivity contribution in [2.75, 3.05) is 6.79 Å². The Hall–Kier alpha value is -2.83. The van der Waals surface area contributed by atoms with Crippen LogP contribution < -0.4 is 9.47 Å². The van der Waals surface area contributed by atoms with Gasteiger partial charge in [-0.25, -0.2) is 4.79 Å². The van der Waals surface area contributed by atoms with E-state index in [1.807, 2.05) is 42.5 Å². The van der Waals surface area contributed by atoms with Gasteiger partial charge in [0.2, 0.25) is 6.79 Å². The summed E-state index contributed by atoms with van der Waals surface area (Å²) in [6.07, 6.45) is 1.46. The number of aliphatic hydroxyl groups is 1. The Labute approximate surface area is 155 Å². The summed E-state index contributed by atoms with van der Waals surface area (Å²) < 4.78 is 22.5. The average molecular weight is 366 g/mol. The molecule has 3 aliphatic rings. The summed E-state index contributed by atoms with van der Waals surface area (Å²) in [5.41, 5.74) is 2.25. The Bertz CT molecular complexity index is 906. The minimum atomic E-state index is -0.849. The molecule has 1 N–H and O–H groups in total. The molecule has 0 amide bonds. The molecular weight excluding hydrogens is 348 g/mol. The van der Waals surface area contributed by atoms with Crippen LogP contribution in [0.2, 0.25) is 0 Å². The zero-order valence-corrected chi connectivity index (χ0v) is 14.4. The lowest BCUT2D eigenvalue weighted by Crippen LogP contribution is -2.49. The summed E-state index contributed by atoms with van der Waals surface area (Å²) in [6, 6.07) is 13.2. The summed E-state index contributed by atoms with van der Waals surface area (Å²) >= 11 is 0. The Morgan fingerprint density at radius 1 is 1.07 bits per heavy atom. The molecule has 6 nitrogen and oxygen atoms in total. The number of benzene rings is 2. The van der Waals surface area contributed by atoms with E-state index in [1.54, 1.807) is 12.1 Å². The molecule has 2 aromatic carbocycles. The summed E-state index contributed by atoms with van der Waals surface area (Å²) in [5, 5.41) is 10.4. The highest BCUT2D eigenvalue weighted by molar-refractivity contribution is 5.94. The van der Waals surface area contributed by atoms with Gasteiger partial charge in [-0.3, -0.25) is 0 Å². The molecule has 0 unspecified atom stereocenters. The van der Waals surface area contributed by atoms with Gasteiger partial charge in [0.05, 0.1) is 12.2 Å². The lowest BCUT2D eigenvalue weighted by Gasteiger charge is -2.40. The lowest BCUT2D eigenvalue weighted by atomic mass is 9.79. The van der Waals surface area contributed by atoms with Crippen molar-refractivity contribution in [1.29, 1.82) is 0 Å². The molecule has 0 saturated carbocycles. The van der Waals surface area contributed by atoms with Gasteiger partial charge >= 0.3 is 5.97 Å². The van der Waals surface area contributed by atoms with Crippen molar-refractivity contribution >= 4 is 5.97 Å². The molecule has 27 heavy (non-hydrogen) atoms. The van der Waals surface area contributed by atoms with Crippen LogP contribution in [0.15, 0.2) is 54.6 Å². The van der Waals surface area contributed by atoms with E-state index in [0.29, 0.717) is 23.7 Å². The van der Waals surface area contributed by atoms with Crippen molar-refractivity contribution < 1.29 is 28.8 Å². The fourth-order valence-electron chi connectivity index (χ4n) is 3.83. The van der Waals surface area contributed by atoms with Crippen LogP contribution >= 0.6 is 0 Å². The number of carbonyl (C=O) groups is 1. The fraction of sp³-hybridized carbons (Fsp3) is 0.286. The van der Waals surface area contributed by atoms with Gasteiger partial charge in [-0.1, -0.05) is 42.5 Å². The number of hydrogen-bond acceptors (Lipinski definition) is 6. The monoisotopic (exact) mass is 366 g/mol. The van der Waals surface area contributed by atoms with E-state index in [9.17, 15) is 9.90 Å². The quantitative estimate of drug-likeness (QED) is 0.665. The van der Waals surface area contributed by atoms with Crippen molar-refractivity contribution in [2.45, 2.75) is 30.8 Å².